The van der Waals surface area contributed by atoms with Crippen molar-refractivity contribution in [2.24, 2.45) is 11.7 Å². The van der Waals surface area contributed by atoms with Crippen molar-refractivity contribution >= 4 is 11.8 Å². The molecule has 2 N–H and O–H groups in total. The Morgan fingerprint density at radius 1 is 1.18 bits per heavy atom. The van der Waals surface area contributed by atoms with Crippen molar-refractivity contribution in [3.05, 3.63) is 35.6 Å². The van der Waals surface area contributed by atoms with Crippen molar-refractivity contribution in [1.29, 1.82) is 5.26 Å². The third-order valence-corrected chi connectivity index (χ3v) is 8.11. The molecule has 1 saturated carbocycles. The Bertz CT molecular complexity index is 941. The van der Waals surface area contributed by atoms with Gasteiger partial charge in [-0.05, 0) is 55.7 Å². The van der Waals surface area contributed by atoms with Crippen molar-refractivity contribution < 1.29 is 14.0 Å². The molecule has 5 rings (SSSR count). The number of nitriles is 1. The lowest BCUT2D eigenvalue weighted by Gasteiger charge is -2.42. The molecule has 1 aromatic carbocycles. The minimum absolute atomic E-state index is 0.0194. The molecule has 1 unspecified atom stereocenters. The fourth-order valence-electron chi connectivity index (χ4n) is 6.56. The predicted octanol–water partition coefficient (Wildman–Crippen LogP) is 2.18. The molecule has 4 aliphatic rings. The van der Waals surface area contributed by atoms with Crippen LogP contribution >= 0.6 is 0 Å². The van der Waals surface area contributed by atoms with E-state index in [1.54, 1.807) is 4.90 Å². The monoisotopic (exact) mass is 453 g/mol. The van der Waals surface area contributed by atoms with Crippen LogP contribution in [0.4, 0.5) is 4.39 Å². The van der Waals surface area contributed by atoms with Gasteiger partial charge in [-0.1, -0.05) is 25.0 Å². The van der Waals surface area contributed by atoms with E-state index in [0.29, 0.717) is 32.0 Å². The predicted molar refractivity (Wildman–Crippen MR) is 120 cm³/mol. The molecule has 4 fully saturated rings. The average molecular weight is 454 g/mol. The lowest BCUT2D eigenvalue weighted by Crippen LogP contribution is -2.57. The Hall–Kier alpha value is -2.50. The van der Waals surface area contributed by atoms with Crippen molar-refractivity contribution in [3.63, 3.8) is 0 Å². The van der Waals surface area contributed by atoms with Crippen molar-refractivity contribution in [3.8, 4) is 6.07 Å². The Labute approximate surface area is 194 Å². The number of amides is 2. The second kappa shape index (κ2) is 9.03. The Kier molecular flexibility index (Phi) is 6.11. The van der Waals surface area contributed by atoms with Gasteiger partial charge in [0.15, 0.2) is 0 Å². The van der Waals surface area contributed by atoms with Gasteiger partial charge in [-0.3, -0.25) is 14.5 Å². The largest absolute Gasteiger partial charge is 0.330 e. The highest BCUT2D eigenvalue weighted by Crippen LogP contribution is 2.45. The van der Waals surface area contributed by atoms with E-state index < -0.39 is 12.1 Å². The highest BCUT2D eigenvalue weighted by atomic mass is 19.1. The van der Waals surface area contributed by atoms with Crippen LogP contribution in [0.5, 0.6) is 0 Å². The highest BCUT2D eigenvalue weighted by Gasteiger charge is 2.53. The smallest absolute Gasteiger partial charge is 0.241 e. The number of rotatable bonds is 6. The first-order valence-electron chi connectivity index (χ1n) is 12.3. The van der Waals surface area contributed by atoms with Crippen molar-refractivity contribution in [1.82, 2.24) is 14.7 Å². The first-order valence-corrected chi connectivity index (χ1v) is 12.3. The molecule has 7 nitrogen and oxygen atoms in total. The SMILES string of the molecule is N#C[C@@H]1CCCN1C(=O)[C@@H](N)CN1CC2C[C@H]1C(=O)N2[C@@H](c1ccc(F)cc1)C1CCCC1. The van der Waals surface area contributed by atoms with Crippen LogP contribution in [0.2, 0.25) is 0 Å². The number of nitrogens with two attached hydrogens (primary N) is 1. The molecule has 8 heteroatoms. The second-order valence-electron chi connectivity index (χ2n) is 10.1. The van der Waals surface area contributed by atoms with E-state index in [9.17, 15) is 19.2 Å². The van der Waals surface area contributed by atoms with Gasteiger partial charge in [0.05, 0.1) is 24.2 Å². The first-order chi connectivity index (χ1) is 16.0. The Morgan fingerprint density at radius 3 is 2.58 bits per heavy atom. The van der Waals surface area contributed by atoms with E-state index in [1.165, 1.54) is 25.0 Å². The highest BCUT2D eigenvalue weighted by molar-refractivity contribution is 5.87. The van der Waals surface area contributed by atoms with Gasteiger partial charge in [0.1, 0.15) is 11.9 Å². The number of benzene rings is 1. The van der Waals surface area contributed by atoms with E-state index in [4.69, 9.17) is 5.73 Å². The maximum atomic E-state index is 13.6. The molecule has 0 aromatic heterocycles. The number of hydrogen-bond acceptors (Lipinski definition) is 5. The van der Waals surface area contributed by atoms with Crippen LogP contribution in [0, 0.1) is 23.1 Å². The molecule has 33 heavy (non-hydrogen) atoms. The summed E-state index contributed by atoms with van der Waals surface area (Å²) in [6.07, 6.45) is 6.77. The molecule has 3 saturated heterocycles. The number of carbonyl (C=O) groups excluding carboxylic acids is 2. The van der Waals surface area contributed by atoms with E-state index >= 15 is 0 Å². The summed E-state index contributed by atoms with van der Waals surface area (Å²) in [6.45, 7) is 1.60. The zero-order valence-corrected chi connectivity index (χ0v) is 18.9. The molecular formula is C25H32FN5O2. The lowest BCUT2D eigenvalue weighted by atomic mass is 9.89. The third-order valence-electron chi connectivity index (χ3n) is 8.11. The zero-order valence-electron chi connectivity index (χ0n) is 18.9. The summed E-state index contributed by atoms with van der Waals surface area (Å²) >= 11 is 0. The van der Waals surface area contributed by atoms with Crippen molar-refractivity contribution in [2.75, 3.05) is 19.6 Å². The first kappa shape index (κ1) is 22.3. The minimum atomic E-state index is -0.734. The number of halogens is 1. The number of fused-ring (bicyclic) bond motifs is 2. The second-order valence-corrected chi connectivity index (χ2v) is 10.1. The van der Waals surface area contributed by atoms with E-state index in [2.05, 4.69) is 15.9 Å². The summed E-state index contributed by atoms with van der Waals surface area (Å²) in [7, 11) is 0. The van der Waals surface area contributed by atoms with Crippen LogP contribution in [0.15, 0.2) is 24.3 Å². The van der Waals surface area contributed by atoms with Crippen LogP contribution < -0.4 is 5.73 Å². The molecule has 0 spiro atoms. The van der Waals surface area contributed by atoms with Crippen molar-refractivity contribution in [2.45, 2.75) is 75.2 Å². The third kappa shape index (κ3) is 4.02. The Morgan fingerprint density at radius 2 is 1.91 bits per heavy atom. The molecular weight excluding hydrogens is 421 g/mol. The summed E-state index contributed by atoms with van der Waals surface area (Å²) in [5.74, 6) is 0.0401. The molecule has 1 aromatic rings. The van der Waals surface area contributed by atoms with Gasteiger partial charge in [-0.2, -0.15) is 5.26 Å². The molecule has 5 atom stereocenters. The number of piperazine rings is 1. The quantitative estimate of drug-likeness (QED) is 0.713. The summed E-state index contributed by atoms with van der Waals surface area (Å²) in [5, 5.41) is 9.29. The maximum Gasteiger partial charge on any atom is 0.241 e. The van der Waals surface area contributed by atoms with Gasteiger partial charge in [0.2, 0.25) is 11.8 Å². The van der Waals surface area contributed by atoms with Crippen LogP contribution in [0.1, 0.15) is 56.6 Å². The number of likely N-dealkylation sites (tertiary alicyclic amines) is 3. The molecule has 0 radical (unpaired) electrons. The number of carbonyl (C=O) groups is 2. The van der Waals surface area contributed by atoms with E-state index in [1.807, 2.05) is 12.1 Å². The van der Waals surface area contributed by atoms with Crippen LogP contribution in [-0.2, 0) is 9.59 Å². The molecule has 2 amide bonds. The minimum Gasteiger partial charge on any atom is -0.330 e. The Balaban J connectivity index is 1.29. The van der Waals surface area contributed by atoms with Gasteiger partial charge >= 0.3 is 0 Å². The van der Waals surface area contributed by atoms with Crippen LogP contribution in [0.3, 0.4) is 0 Å². The normalized spacial score (nSPS) is 29.6. The number of hydrogen-bond donors (Lipinski definition) is 1. The fourth-order valence-corrected chi connectivity index (χ4v) is 6.56. The van der Waals surface area contributed by atoms with Gasteiger partial charge in [0.25, 0.3) is 0 Å². The molecule has 3 aliphatic heterocycles. The lowest BCUT2D eigenvalue weighted by molar-refractivity contribution is -0.142. The molecule has 3 heterocycles. The summed E-state index contributed by atoms with van der Waals surface area (Å²) in [5.41, 5.74) is 7.28. The molecule has 2 bridgehead atoms. The molecule has 176 valence electrons. The zero-order chi connectivity index (χ0) is 23.1. The van der Waals surface area contributed by atoms with Gasteiger partial charge in [-0.25, -0.2) is 4.39 Å². The van der Waals surface area contributed by atoms with Crippen LogP contribution in [0.25, 0.3) is 0 Å². The summed E-state index contributed by atoms with van der Waals surface area (Å²) in [6, 6.07) is 7.49. The average Bonchev–Trinajstić information content (AvgIpc) is 3.60. The maximum absolute atomic E-state index is 13.6. The number of nitrogens with zero attached hydrogens (tertiary/aromatic N) is 4. The van der Waals surface area contributed by atoms with E-state index in [0.717, 1.165) is 31.2 Å². The summed E-state index contributed by atoms with van der Waals surface area (Å²) < 4.78 is 13.6. The standard InChI is InChI=1S/C25H32FN5O2/c26-18-9-7-17(8-10-18)23(16-4-1-2-5-16)31-20-12-22(25(31)33)29(14-20)15-21(28)24(32)30-11-3-6-19(30)13-27/h7-10,16,19-23H,1-6,11-12,14-15,28H2/t19-,20?,21-,22-,23+/m0/s1. The van der Waals surface area contributed by atoms with Crippen LogP contribution in [-0.4, -0.2) is 70.3 Å². The van der Waals surface area contributed by atoms with E-state index in [-0.39, 0.29) is 35.8 Å². The van der Waals surface area contributed by atoms with Gasteiger partial charge < -0.3 is 15.5 Å². The summed E-state index contributed by atoms with van der Waals surface area (Å²) in [4.78, 5) is 32.1. The fraction of sp³-hybridized carbons (Fsp3) is 0.640. The van der Waals surface area contributed by atoms with Gasteiger partial charge in [-0.15, -0.1) is 0 Å². The van der Waals surface area contributed by atoms with Gasteiger partial charge in [0, 0.05) is 25.7 Å². The topological polar surface area (TPSA) is 93.7 Å². The molecule has 1 aliphatic carbocycles.